The van der Waals surface area contributed by atoms with Gasteiger partial charge in [0.15, 0.2) is 12.0 Å². The second kappa shape index (κ2) is 3.56. The Morgan fingerprint density at radius 1 is 1.50 bits per heavy atom. The van der Waals surface area contributed by atoms with Gasteiger partial charge in [0.1, 0.15) is 5.69 Å². The maximum atomic E-state index is 10.9. The van der Waals surface area contributed by atoms with Crippen LogP contribution in [-0.4, -0.2) is 29.3 Å². The molecule has 0 aliphatic heterocycles. The van der Waals surface area contributed by atoms with Crippen LogP contribution in [0.1, 0.15) is 21.0 Å². The third-order valence-corrected chi connectivity index (χ3v) is 1.22. The minimum atomic E-state index is -0.662. The summed E-state index contributed by atoms with van der Waals surface area (Å²) in [7, 11) is 1.21. The molecule has 0 aliphatic rings. The molecule has 0 radical (unpaired) electrons. The monoisotopic (exact) mass is 166 g/mol. The Morgan fingerprint density at radius 2 is 2.17 bits per heavy atom. The largest absolute Gasteiger partial charge is 0.464 e. The maximum absolute atomic E-state index is 10.9. The Balaban J connectivity index is 3.13. The van der Waals surface area contributed by atoms with Crippen molar-refractivity contribution in [2.24, 2.45) is 0 Å². The summed E-state index contributed by atoms with van der Waals surface area (Å²) in [5, 5.41) is 0. The predicted octanol–water partition coefficient (Wildman–Crippen LogP) is 0.0757. The van der Waals surface area contributed by atoms with Crippen LogP contribution in [0.25, 0.3) is 0 Å². The Bertz CT molecular complexity index is 311. The molecule has 1 aromatic heterocycles. The van der Waals surface area contributed by atoms with Gasteiger partial charge >= 0.3 is 5.97 Å². The van der Waals surface area contributed by atoms with Crippen LogP contribution in [0.4, 0.5) is 0 Å². The van der Waals surface area contributed by atoms with Gasteiger partial charge in [-0.1, -0.05) is 0 Å². The van der Waals surface area contributed by atoms with E-state index in [-0.39, 0.29) is 11.4 Å². The lowest BCUT2D eigenvalue weighted by atomic mass is 10.3. The molecule has 0 N–H and O–H groups in total. The Morgan fingerprint density at radius 3 is 2.75 bits per heavy atom. The molecule has 0 aliphatic carbocycles. The molecule has 1 rings (SSSR count). The van der Waals surface area contributed by atoms with E-state index in [4.69, 9.17) is 0 Å². The first-order valence-corrected chi connectivity index (χ1v) is 3.14. The van der Waals surface area contributed by atoms with Crippen LogP contribution >= 0.6 is 0 Å². The standard InChI is InChI=1S/C7H6N2O3/c1-12-7(11)6-5(4-10)8-2-3-9-6/h2-4H,1H3. The van der Waals surface area contributed by atoms with E-state index in [1.54, 1.807) is 0 Å². The zero-order valence-electron chi connectivity index (χ0n) is 6.35. The first-order valence-electron chi connectivity index (χ1n) is 3.14. The molecule has 0 unspecified atom stereocenters. The van der Waals surface area contributed by atoms with Crippen molar-refractivity contribution in [3.8, 4) is 0 Å². The van der Waals surface area contributed by atoms with Crippen molar-refractivity contribution in [1.29, 1.82) is 0 Å². The van der Waals surface area contributed by atoms with E-state index in [9.17, 15) is 9.59 Å². The van der Waals surface area contributed by atoms with Crippen LogP contribution in [0.15, 0.2) is 12.4 Å². The molecule has 0 spiro atoms. The van der Waals surface area contributed by atoms with Crippen LogP contribution < -0.4 is 0 Å². The summed E-state index contributed by atoms with van der Waals surface area (Å²) in [4.78, 5) is 28.5. The molecule has 0 bridgehead atoms. The molecule has 0 saturated carbocycles. The normalized spacial score (nSPS) is 9.08. The first-order chi connectivity index (χ1) is 5.79. The van der Waals surface area contributed by atoms with Gasteiger partial charge in [0.2, 0.25) is 0 Å². The Labute approximate surface area is 68.4 Å². The van der Waals surface area contributed by atoms with Crippen LogP contribution in [0, 0.1) is 0 Å². The van der Waals surface area contributed by atoms with Gasteiger partial charge in [-0.2, -0.15) is 0 Å². The van der Waals surface area contributed by atoms with E-state index in [2.05, 4.69) is 14.7 Å². The van der Waals surface area contributed by atoms with Gasteiger partial charge in [0.25, 0.3) is 0 Å². The zero-order chi connectivity index (χ0) is 8.97. The lowest BCUT2D eigenvalue weighted by Crippen LogP contribution is -2.09. The second-order valence-corrected chi connectivity index (χ2v) is 1.90. The van der Waals surface area contributed by atoms with E-state index in [1.807, 2.05) is 0 Å². The SMILES string of the molecule is COC(=O)c1nccnc1C=O. The van der Waals surface area contributed by atoms with Crippen LogP contribution in [0.3, 0.4) is 0 Å². The highest BCUT2D eigenvalue weighted by atomic mass is 16.5. The highest BCUT2D eigenvalue weighted by Gasteiger charge is 2.12. The molecule has 0 aromatic carbocycles. The Kier molecular flexibility index (Phi) is 2.47. The van der Waals surface area contributed by atoms with Gasteiger partial charge in [0, 0.05) is 12.4 Å². The summed E-state index contributed by atoms with van der Waals surface area (Å²) >= 11 is 0. The quantitative estimate of drug-likeness (QED) is 0.459. The molecule has 0 atom stereocenters. The summed E-state index contributed by atoms with van der Waals surface area (Å²) in [6, 6.07) is 0. The third kappa shape index (κ3) is 1.45. The third-order valence-electron chi connectivity index (χ3n) is 1.22. The van der Waals surface area contributed by atoms with Crippen LogP contribution in [-0.2, 0) is 4.74 Å². The van der Waals surface area contributed by atoms with Gasteiger partial charge in [-0.15, -0.1) is 0 Å². The minimum Gasteiger partial charge on any atom is -0.464 e. The zero-order valence-corrected chi connectivity index (χ0v) is 6.35. The molecule has 0 fully saturated rings. The molecule has 12 heavy (non-hydrogen) atoms. The van der Waals surface area contributed by atoms with Crippen LogP contribution in [0.2, 0.25) is 0 Å². The summed E-state index contributed by atoms with van der Waals surface area (Å²) < 4.78 is 4.38. The van der Waals surface area contributed by atoms with Crippen molar-refractivity contribution < 1.29 is 14.3 Å². The summed E-state index contributed by atoms with van der Waals surface area (Å²) in [6.07, 6.45) is 3.11. The number of aromatic nitrogens is 2. The average Bonchev–Trinajstić information content (AvgIpc) is 2.16. The lowest BCUT2D eigenvalue weighted by molar-refractivity contribution is 0.0590. The first kappa shape index (κ1) is 8.32. The van der Waals surface area contributed by atoms with Gasteiger partial charge < -0.3 is 4.74 Å². The molecule has 62 valence electrons. The molecular weight excluding hydrogens is 160 g/mol. The maximum Gasteiger partial charge on any atom is 0.359 e. The second-order valence-electron chi connectivity index (χ2n) is 1.90. The van der Waals surface area contributed by atoms with Crippen LogP contribution in [0.5, 0.6) is 0 Å². The fourth-order valence-corrected chi connectivity index (χ4v) is 0.689. The van der Waals surface area contributed by atoms with E-state index in [0.29, 0.717) is 6.29 Å². The number of rotatable bonds is 2. The fourth-order valence-electron chi connectivity index (χ4n) is 0.689. The van der Waals surface area contributed by atoms with Gasteiger partial charge in [-0.25, -0.2) is 14.8 Å². The highest BCUT2D eigenvalue weighted by molar-refractivity contribution is 5.94. The average molecular weight is 166 g/mol. The number of esters is 1. The molecular formula is C7H6N2O3. The van der Waals surface area contributed by atoms with E-state index in [1.165, 1.54) is 19.5 Å². The minimum absolute atomic E-state index is 0.00986. The highest BCUT2D eigenvalue weighted by Crippen LogP contribution is 1.99. The van der Waals surface area contributed by atoms with E-state index >= 15 is 0 Å². The van der Waals surface area contributed by atoms with Gasteiger partial charge in [-0.05, 0) is 0 Å². The Hall–Kier alpha value is -1.78. The van der Waals surface area contributed by atoms with Crippen molar-refractivity contribution >= 4 is 12.3 Å². The van der Waals surface area contributed by atoms with Crippen molar-refractivity contribution in [2.75, 3.05) is 7.11 Å². The van der Waals surface area contributed by atoms with Crippen molar-refractivity contribution in [1.82, 2.24) is 9.97 Å². The van der Waals surface area contributed by atoms with Crippen molar-refractivity contribution in [2.45, 2.75) is 0 Å². The topological polar surface area (TPSA) is 69.2 Å². The van der Waals surface area contributed by atoms with Gasteiger partial charge in [-0.3, -0.25) is 4.79 Å². The molecule has 5 nitrogen and oxygen atoms in total. The fraction of sp³-hybridized carbons (Fsp3) is 0.143. The molecule has 5 heteroatoms. The van der Waals surface area contributed by atoms with E-state index in [0.717, 1.165) is 0 Å². The molecule has 0 saturated heterocycles. The number of methoxy groups -OCH3 is 1. The number of ether oxygens (including phenoxy) is 1. The van der Waals surface area contributed by atoms with E-state index < -0.39 is 5.97 Å². The van der Waals surface area contributed by atoms with Crippen molar-refractivity contribution in [3.05, 3.63) is 23.8 Å². The summed E-state index contributed by atoms with van der Waals surface area (Å²) in [6.45, 7) is 0. The van der Waals surface area contributed by atoms with Crippen molar-refractivity contribution in [3.63, 3.8) is 0 Å². The summed E-state index contributed by atoms with van der Waals surface area (Å²) in [5.41, 5.74) is -0.0700. The molecule has 0 amide bonds. The summed E-state index contributed by atoms with van der Waals surface area (Å²) in [5.74, 6) is -0.662. The smallest absolute Gasteiger partial charge is 0.359 e. The predicted molar refractivity (Wildman–Crippen MR) is 38.8 cm³/mol. The number of carbonyl (C=O) groups excluding carboxylic acids is 2. The number of hydrogen-bond acceptors (Lipinski definition) is 5. The number of hydrogen-bond donors (Lipinski definition) is 0. The number of nitrogens with zero attached hydrogens (tertiary/aromatic N) is 2. The molecule has 1 aromatic rings. The molecule has 1 heterocycles. The lowest BCUT2D eigenvalue weighted by Gasteiger charge is -1.98. The number of carbonyl (C=O) groups is 2. The van der Waals surface area contributed by atoms with Gasteiger partial charge in [0.05, 0.1) is 7.11 Å². The number of aldehydes is 1.